The zero-order chi connectivity index (χ0) is 9.42. The molecule has 0 unspecified atom stereocenters. The summed E-state index contributed by atoms with van der Waals surface area (Å²) in [6, 6.07) is 4.09. The van der Waals surface area contributed by atoms with E-state index in [-0.39, 0.29) is 6.61 Å². The van der Waals surface area contributed by atoms with Gasteiger partial charge in [0.05, 0.1) is 6.61 Å². The van der Waals surface area contributed by atoms with Gasteiger partial charge >= 0.3 is 0 Å². The summed E-state index contributed by atoms with van der Waals surface area (Å²) in [6.07, 6.45) is 0. The Morgan fingerprint density at radius 1 is 1.54 bits per heavy atom. The van der Waals surface area contributed by atoms with Crippen LogP contribution < -0.4 is 0 Å². The average Bonchev–Trinajstić information content (AvgIpc) is 2.59. The lowest BCUT2D eigenvalue weighted by Gasteiger charge is -2.04. The number of rotatable bonds is 1. The molecule has 13 heavy (non-hydrogen) atoms. The second kappa shape index (κ2) is 3.76. The van der Waals surface area contributed by atoms with Crippen LogP contribution in [0, 0.1) is 3.57 Å². The SMILES string of the molecule is OCc1cc2sccc2c(S)c1I. The van der Waals surface area contributed by atoms with Gasteiger partial charge in [-0.3, -0.25) is 0 Å². The van der Waals surface area contributed by atoms with Gasteiger partial charge in [0.25, 0.3) is 0 Å². The number of halogens is 1. The Labute approximate surface area is 99.3 Å². The number of thiophene rings is 1. The summed E-state index contributed by atoms with van der Waals surface area (Å²) in [4.78, 5) is 0.975. The molecule has 2 aromatic rings. The standard InChI is InChI=1S/C9H7IOS2/c10-8-5(4-11)3-7-6(9(8)12)1-2-13-7/h1-3,11-12H,4H2. The first-order valence-corrected chi connectivity index (χ1v) is 6.13. The van der Waals surface area contributed by atoms with E-state index in [1.165, 1.54) is 10.1 Å². The van der Waals surface area contributed by atoms with Crippen molar-refractivity contribution >= 4 is 56.6 Å². The molecule has 0 fully saturated rings. The summed E-state index contributed by atoms with van der Waals surface area (Å²) >= 11 is 8.34. The minimum absolute atomic E-state index is 0.0830. The molecule has 0 spiro atoms. The van der Waals surface area contributed by atoms with Crippen molar-refractivity contribution in [1.29, 1.82) is 0 Å². The number of hydrogen-bond donors (Lipinski definition) is 2. The Balaban J connectivity index is 2.83. The van der Waals surface area contributed by atoms with E-state index >= 15 is 0 Å². The molecule has 0 saturated heterocycles. The number of hydrogen-bond acceptors (Lipinski definition) is 3. The van der Waals surface area contributed by atoms with E-state index in [2.05, 4.69) is 41.3 Å². The molecule has 0 aliphatic rings. The molecule has 1 N–H and O–H groups in total. The van der Waals surface area contributed by atoms with E-state index in [0.717, 1.165) is 14.0 Å². The van der Waals surface area contributed by atoms with Gasteiger partial charge in [0.2, 0.25) is 0 Å². The molecule has 1 aromatic heterocycles. The highest BCUT2D eigenvalue weighted by Gasteiger charge is 2.08. The van der Waals surface area contributed by atoms with Crippen LogP contribution in [0.5, 0.6) is 0 Å². The van der Waals surface area contributed by atoms with Crippen molar-refractivity contribution in [3.63, 3.8) is 0 Å². The first-order valence-electron chi connectivity index (χ1n) is 3.72. The maximum atomic E-state index is 9.11. The molecule has 0 saturated carbocycles. The third-order valence-electron chi connectivity index (χ3n) is 1.92. The summed E-state index contributed by atoms with van der Waals surface area (Å²) < 4.78 is 2.24. The molecule has 68 valence electrons. The molecule has 4 heteroatoms. The fraction of sp³-hybridized carbons (Fsp3) is 0.111. The van der Waals surface area contributed by atoms with Crippen LogP contribution in [0.15, 0.2) is 22.4 Å². The fourth-order valence-electron chi connectivity index (χ4n) is 1.24. The Bertz CT molecular complexity index is 450. The Hall–Kier alpha value is 0.220. The number of benzene rings is 1. The molecule has 1 nitrogen and oxygen atoms in total. The van der Waals surface area contributed by atoms with Crippen LogP contribution in [0.1, 0.15) is 5.56 Å². The first-order chi connectivity index (χ1) is 6.24. The lowest BCUT2D eigenvalue weighted by Crippen LogP contribution is -1.89. The zero-order valence-electron chi connectivity index (χ0n) is 6.62. The van der Waals surface area contributed by atoms with Crippen LogP contribution >= 0.6 is 46.6 Å². The van der Waals surface area contributed by atoms with Crippen molar-refractivity contribution in [3.8, 4) is 0 Å². The van der Waals surface area contributed by atoms with Gasteiger partial charge in [-0.05, 0) is 45.7 Å². The van der Waals surface area contributed by atoms with Gasteiger partial charge in [0, 0.05) is 18.6 Å². The molecule has 1 aromatic carbocycles. The maximum absolute atomic E-state index is 9.11. The van der Waals surface area contributed by atoms with E-state index in [0.29, 0.717) is 0 Å². The number of aliphatic hydroxyl groups is 1. The molecule has 1 heterocycles. The molecule has 0 amide bonds. The first kappa shape index (κ1) is 9.76. The van der Waals surface area contributed by atoms with Crippen LogP contribution in [0.4, 0.5) is 0 Å². The minimum atomic E-state index is 0.0830. The van der Waals surface area contributed by atoms with Crippen LogP contribution in [-0.2, 0) is 6.61 Å². The summed E-state index contributed by atoms with van der Waals surface area (Å²) in [7, 11) is 0. The molecule has 0 aliphatic carbocycles. The van der Waals surface area contributed by atoms with Gasteiger partial charge < -0.3 is 5.11 Å². The highest BCUT2D eigenvalue weighted by Crippen LogP contribution is 2.33. The third kappa shape index (κ3) is 1.60. The second-order valence-electron chi connectivity index (χ2n) is 2.69. The molecule has 0 bridgehead atoms. The monoisotopic (exact) mass is 322 g/mol. The summed E-state index contributed by atoms with van der Waals surface area (Å²) in [5.74, 6) is 0. The normalized spacial score (nSPS) is 11.0. The summed E-state index contributed by atoms with van der Waals surface area (Å²) in [5, 5.41) is 12.3. The van der Waals surface area contributed by atoms with Crippen molar-refractivity contribution in [3.05, 3.63) is 26.6 Å². The average molecular weight is 322 g/mol. The quantitative estimate of drug-likeness (QED) is 0.610. The summed E-state index contributed by atoms with van der Waals surface area (Å²) in [5.41, 5.74) is 0.959. The largest absolute Gasteiger partial charge is 0.392 e. The van der Waals surface area contributed by atoms with E-state index in [9.17, 15) is 0 Å². The van der Waals surface area contributed by atoms with Gasteiger partial charge in [0.15, 0.2) is 0 Å². The van der Waals surface area contributed by atoms with Crippen molar-refractivity contribution in [2.75, 3.05) is 0 Å². The van der Waals surface area contributed by atoms with E-state index in [1.54, 1.807) is 11.3 Å². The van der Waals surface area contributed by atoms with Gasteiger partial charge in [-0.2, -0.15) is 0 Å². The van der Waals surface area contributed by atoms with Crippen LogP contribution in [0.25, 0.3) is 10.1 Å². The van der Waals surface area contributed by atoms with Crippen LogP contribution in [-0.4, -0.2) is 5.11 Å². The van der Waals surface area contributed by atoms with E-state index in [1.807, 2.05) is 11.4 Å². The molecule has 2 rings (SSSR count). The van der Waals surface area contributed by atoms with Gasteiger partial charge in [0.1, 0.15) is 0 Å². The third-order valence-corrected chi connectivity index (χ3v) is 4.90. The minimum Gasteiger partial charge on any atom is -0.392 e. The van der Waals surface area contributed by atoms with Crippen molar-refractivity contribution < 1.29 is 5.11 Å². The lowest BCUT2D eigenvalue weighted by molar-refractivity contribution is 0.281. The lowest BCUT2D eigenvalue weighted by atomic mass is 10.2. The van der Waals surface area contributed by atoms with Gasteiger partial charge in [-0.15, -0.1) is 24.0 Å². The van der Waals surface area contributed by atoms with Crippen LogP contribution in [0.3, 0.4) is 0 Å². The van der Waals surface area contributed by atoms with E-state index in [4.69, 9.17) is 5.11 Å². The molecule has 0 atom stereocenters. The maximum Gasteiger partial charge on any atom is 0.0693 e. The zero-order valence-corrected chi connectivity index (χ0v) is 10.5. The van der Waals surface area contributed by atoms with Gasteiger partial charge in [-0.25, -0.2) is 0 Å². The molecule has 0 radical (unpaired) electrons. The highest BCUT2D eigenvalue weighted by atomic mass is 127. The smallest absolute Gasteiger partial charge is 0.0693 e. The highest BCUT2D eigenvalue weighted by molar-refractivity contribution is 14.1. The predicted molar refractivity (Wildman–Crippen MR) is 67.7 cm³/mol. The Kier molecular flexibility index (Phi) is 2.83. The number of fused-ring (bicyclic) bond motifs is 1. The second-order valence-corrected chi connectivity index (χ2v) is 5.16. The fourth-order valence-corrected chi connectivity index (χ4v) is 3.12. The predicted octanol–water partition coefficient (Wildman–Crippen LogP) is 3.29. The molecular weight excluding hydrogens is 315 g/mol. The summed E-state index contributed by atoms with van der Waals surface area (Å²) in [6.45, 7) is 0.0830. The molecular formula is C9H7IOS2. The van der Waals surface area contributed by atoms with Gasteiger partial charge in [-0.1, -0.05) is 0 Å². The number of aliphatic hydroxyl groups excluding tert-OH is 1. The Morgan fingerprint density at radius 3 is 3.00 bits per heavy atom. The van der Waals surface area contributed by atoms with Crippen molar-refractivity contribution in [2.24, 2.45) is 0 Å². The topological polar surface area (TPSA) is 20.2 Å². The molecule has 0 aliphatic heterocycles. The van der Waals surface area contributed by atoms with E-state index < -0.39 is 0 Å². The van der Waals surface area contributed by atoms with Crippen LogP contribution in [0.2, 0.25) is 0 Å². The number of thiol groups is 1. The van der Waals surface area contributed by atoms with Crippen molar-refractivity contribution in [2.45, 2.75) is 11.5 Å². The van der Waals surface area contributed by atoms with Crippen molar-refractivity contribution in [1.82, 2.24) is 0 Å². The Morgan fingerprint density at radius 2 is 2.31 bits per heavy atom.